The third kappa shape index (κ3) is 5.70. The van der Waals surface area contributed by atoms with Gasteiger partial charge < -0.3 is 10.1 Å². The normalized spacial score (nSPS) is 20.2. The first-order valence-corrected chi connectivity index (χ1v) is 5.83. The molecule has 0 aromatic rings. The van der Waals surface area contributed by atoms with E-state index in [1.165, 1.54) is 25.7 Å². The van der Waals surface area contributed by atoms with Crippen LogP contribution in [0.1, 0.15) is 32.1 Å². The number of hydrogen-bond donors (Lipinski definition) is 1. The highest BCUT2D eigenvalue weighted by Gasteiger charge is 2.28. The van der Waals surface area contributed by atoms with E-state index in [9.17, 15) is 13.2 Å². The van der Waals surface area contributed by atoms with Crippen LogP contribution in [-0.2, 0) is 4.74 Å². The molecule has 0 aliphatic heterocycles. The smallest absolute Gasteiger partial charge is 0.370 e. The molecule has 0 bridgehead atoms. The molecule has 0 spiro atoms. The molecule has 0 aromatic heterocycles. The SMILES string of the molecule is CNC(COCC(F)(F)F)CC1CCCC1. The Balaban J connectivity index is 2.15. The van der Waals surface area contributed by atoms with E-state index in [0.29, 0.717) is 5.92 Å². The molecule has 2 nitrogen and oxygen atoms in total. The molecular formula is C11H20F3NO. The average Bonchev–Trinajstić information content (AvgIpc) is 2.67. The van der Waals surface area contributed by atoms with Crippen molar-refractivity contribution in [1.29, 1.82) is 0 Å². The summed E-state index contributed by atoms with van der Waals surface area (Å²) in [5, 5.41) is 3.02. The fraction of sp³-hybridized carbons (Fsp3) is 1.00. The van der Waals surface area contributed by atoms with Gasteiger partial charge in [-0.2, -0.15) is 13.2 Å². The highest BCUT2D eigenvalue weighted by molar-refractivity contribution is 4.74. The Labute approximate surface area is 94.5 Å². The van der Waals surface area contributed by atoms with E-state index in [2.05, 4.69) is 10.1 Å². The highest BCUT2D eigenvalue weighted by Crippen LogP contribution is 2.28. The molecule has 0 saturated heterocycles. The van der Waals surface area contributed by atoms with Crippen LogP contribution in [0.3, 0.4) is 0 Å². The van der Waals surface area contributed by atoms with Crippen molar-refractivity contribution >= 4 is 0 Å². The van der Waals surface area contributed by atoms with Crippen LogP contribution in [-0.4, -0.2) is 32.5 Å². The van der Waals surface area contributed by atoms with Crippen LogP contribution in [0.4, 0.5) is 13.2 Å². The van der Waals surface area contributed by atoms with Gasteiger partial charge in [-0.3, -0.25) is 0 Å². The number of alkyl halides is 3. The Morgan fingerprint density at radius 1 is 1.31 bits per heavy atom. The first kappa shape index (κ1) is 13.8. The predicted octanol–water partition coefficient (Wildman–Crippen LogP) is 2.73. The zero-order valence-corrected chi connectivity index (χ0v) is 9.65. The van der Waals surface area contributed by atoms with Gasteiger partial charge in [-0.05, 0) is 19.4 Å². The van der Waals surface area contributed by atoms with Gasteiger partial charge in [0.2, 0.25) is 0 Å². The van der Waals surface area contributed by atoms with Crippen LogP contribution in [0.2, 0.25) is 0 Å². The third-order valence-electron chi connectivity index (χ3n) is 3.09. The van der Waals surface area contributed by atoms with Crippen LogP contribution in [0.5, 0.6) is 0 Å². The van der Waals surface area contributed by atoms with Gasteiger partial charge in [-0.25, -0.2) is 0 Å². The lowest BCUT2D eigenvalue weighted by molar-refractivity contribution is -0.175. The number of nitrogens with one attached hydrogen (secondary N) is 1. The quantitative estimate of drug-likeness (QED) is 0.769. The summed E-state index contributed by atoms with van der Waals surface area (Å²) in [4.78, 5) is 0. The first-order chi connectivity index (χ1) is 7.51. The summed E-state index contributed by atoms with van der Waals surface area (Å²) in [6, 6.07) is 0.0467. The maximum absolute atomic E-state index is 11.9. The summed E-state index contributed by atoms with van der Waals surface area (Å²) in [6.45, 7) is -0.998. The number of halogens is 3. The van der Waals surface area contributed by atoms with Crippen LogP contribution < -0.4 is 5.32 Å². The van der Waals surface area contributed by atoms with Crippen molar-refractivity contribution in [3.8, 4) is 0 Å². The fourth-order valence-electron chi connectivity index (χ4n) is 2.23. The molecular weight excluding hydrogens is 219 g/mol. The summed E-state index contributed by atoms with van der Waals surface area (Å²) in [7, 11) is 1.77. The minimum Gasteiger partial charge on any atom is -0.370 e. The Kier molecular flexibility index (Phi) is 5.55. The lowest BCUT2D eigenvalue weighted by Crippen LogP contribution is -2.33. The second-order valence-electron chi connectivity index (χ2n) is 4.50. The minimum absolute atomic E-state index is 0.0467. The summed E-state index contributed by atoms with van der Waals surface area (Å²) in [5.74, 6) is 0.659. The van der Waals surface area contributed by atoms with Crippen molar-refractivity contribution in [2.75, 3.05) is 20.3 Å². The molecule has 0 aromatic carbocycles. The van der Waals surface area contributed by atoms with Gasteiger partial charge in [0, 0.05) is 6.04 Å². The Morgan fingerprint density at radius 2 is 1.94 bits per heavy atom. The number of hydrogen-bond acceptors (Lipinski definition) is 2. The Bertz CT molecular complexity index is 190. The third-order valence-corrected chi connectivity index (χ3v) is 3.09. The molecule has 1 N–H and O–H groups in total. The van der Waals surface area contributed by atoms with Gasteiger partial charge in [-0.15, -0.1) is 0 Å². The van der Waals surface area contributed by atoms with Gasteiger partial charge in [0.05, 0.1) is 6.61 Å². The molecule has 0 radical (unpaired) electrons. The Hall–Kier alpha value is -0.290. The zero-order valence-electron chi connectivity index (χ0n) is 9.65. The van der Waals surface area contributed by atoms with Gasteiger partial charge in [0.15, 0.2) is 0 Å². The van der Waals surface area contributed by atoms with Gasteiger partial charge in [0.25, 0.3) is 0 Å². The van der Waals surface area contributed by atoms with Crippen LogP contribution in [0.15, 0.2) is 0 Å². The molecule has 5 heteroatoms. The first-order valence-electron chi connectivity index (χ1n) is 5.83. The summed E-state index contributed by atoms with van der Waals surface area (Å²) < 4.78 is 40.3. The van der Waals surface area contributed by atoms with E-state index >= 15 is 0 Å². The fourth-order valence-corrected chi connectivity index (χ4v) is 2.23. The topological polar surface area (TPSA) is 21.3 Å². The molecule has 1 aliphatic carbocycles. The molecule has 96 valence electrons. The molecule has 1 unspecified atom stereocenters. The van der Waals surface area contributed by atoms with Gasteiger partial charge >= 0.3 is 6.18 Å². The van der Waals surface area contributed by atoms with E-state index in [4.69, 9.17) is 0 Å². The second-order valence-corrected chi connectivity index (χ2v) is 4.50. The Morgan fingerprint density at radius 3 is 2.44 bits per heavy atom. The molecule has 1 rings (SSSR count). The van der Waals surface area contributed by atoms with Crippen LogP contribution >= 0.6 is 0 Å². The lowest BCUT2D eigenvalue weighted by Gasteiger charge is -2.20. The molecule has 0 heterocycles. The maximum Gasteiger partial charge on any atom is 0.411 e. The van der Waals surface area contributed by atoms with E-state index < -0.39 is 12.8 Å². The van der Waals surface area contributed by atoms with E-state index in [-0.39, 0.29) is 12.6 Å². The van der Waals surface area contributed by atoms with Crippen molar-refractivity contribution < 1.29 is 17.9 Å². The molecule has 1 atom stereocenters. The van der Waals surface area contributed by atoms with Gasteiger partial charge in [-0.1, -0.05) is 25.7 Å². The van der Waals surface area contributed by atoms with Crippen molar-refractivity contribution in [2.24, 2.45) is 5.92 Å². The minimum atomic E-state index is -4.22. The van der Waals surface area contributed by atoms with Crippen LogP contribution in [0.25, 0.3) is 0 Å². The highest BCUT2D eigenvalue weighted by atomic mass is 19.4. The van der Waals surface area contributed by atoms with E-state index in [1.54, 1.807) is 7.05 Å². The van der Waals surface area contributed by atoms with Gasteiger partial charge in [0.1, 0.15) is 6.61 Å². The molecule has 0 amide bonds. The van der Waals surface area contributed by atoms with Crippen LogP contribution in [0, 0.1) is 5.92 Å². The molecule has 1 saturated carbocycles. The number of ether oxygens (including phenoxy) is 1. The largest absolute Gasteiger partial charge is 0.411 e. The summed E-state index contributed by atoms with van der Waals surface area (Å²) >= 11 is 0. The predicted molar refractivity (Wildman–Crippen MR) is 56.3 cm³/mol. The van der Waals surface area contributed by atoms with Crippen molar-refractivity contribution in [1.82, 2.24) is 5.32 Å². The monoisotopic (exact) mass is 239 g/mol. The van der Waals surface area contributed by atoms with E-state index in [1.807, 2.05) is 0 Å². The maximum atomic E-state index is 11.9. The average molecular weight is 239 g/mol. The number of likely N-dealkylation sites (N-methyl/N-ethyl adjacent to an activating group) is 1. The van der Waals surface area contributed by atoms with Crippen molar-refractivity contribution in [3.05, 3.63) is 0 Å². The van der Waals surface area contributed by atoms with Crippen molar-refractivity contribution in [2.45, 2.75) is 44.3 Å². The standard InChI is InChI=1S/C11H20F3NO/c1-15-10(6-9-4-2-3-5-9)7-16-8-11(12,13)14/h9-10,15H,2-8H2,1H3. The van der Waals surface area contributed by atoms with Crippen molar-refractivity contribution in [3.63, 3.8) is 0 Å². The summed E-state index contributed by atoms with van der Waals surface area (Å²) in [5.41, 5.74) is 0. The molecule has 16 heavy (non-hydrogen) atoms. The molecule has 1 aliphatic rings. The zero-order chi connectivity index (χ0) is 12.0. The molecule has 1 fully saturated rings. The second kappa shape index (κ2) is 6.45. The summed E-state index contributed by atoms with van der Waals surface area (Å²) in [6.07, 6.45) is 1.63. The lowest BCUT2D eigenvalue weighted by atomic mass is 9.99. The number of rotatable bonds is 6. The van der Waals surface area contributed by atoms with E-state index in [0.717, 1.165) is 6.42 Å².